The monoisotopic (exact) mass is 1380 g/mol. The molecule has 2 unspecified atom stereocenters. The second-order valence-electron chi connectivity index (χ2n) is 27.2. The van der Waals surface area contributed by atoms with Gasteiger partial charge < -0.3 is 70.8 Å². The van der Waals surface area contributed by atoms with Gasteiger partial charge >= 0.3 is 24.1 Å². The number of amides is 8. The first-order chi connectivity index (χ1) is 47.4. The van der Waals surface area contributed by atoms with Crippen molar-refractivity contribution in [1.29, 1.82) is 0 Å². The normalized spacial score (nSPS) is 23.8. The molecule has 9 aliphatic rings. The standard InChI is InChI=1S/C71H85N11O16S/c1-36(2)55(78-49(84)18-10-9-13-26-81-50(85)23-24-51(81)86)66(89)77-47(17-14-25-73-68(72)91)65(88)75-42-21-19-40(20-22-42)31-95-69(92)74-30-43-28-45-44-15-11-12-16-46(44)76-64(45)71(79-43)34-99-63-54-53(62-61(96-35-97-62)38(4)60(54)98-39(5)83)48(32-94-67(71)90)82-57(63)56-52-41(29-70(82,6)33-80(56)7)27-37(3)59(93-8)58(52)87/h11-12,15-16,19-24,27,36,43,47-48,55-57,63,76,79,87H,9-10,13-14,17-18,25-26,28-35H2,1-8H3,(H,74,92)(H,75,88)(H,77,89)(H,78,84)(H3,72,73,91)/t43-,47+,48+,55+,56+,57-,63-,70?,71-/m1/s1. The number of H-pyrrole nitrogens is 1. The fourth-order valence-electron chi connectivity index (χ4n) is 15.8. The van der Waals surface area contributed by atoms with E-state index in [9.17, 15) is 43.5 Å². The highest BCUT2D eigenvalue weighted by Gasteiger charge is 2.63. The number of likely N-dealkylation sites (N-methyl/N-ethyl adjacent to an activating group) is 1. The summed E-state index contributed by atoms with van der Waals surface area (Å²) in [4.78, 5) is 129. The number of alkyl carbamates (subject to hydrolysis) is 1. The molecule has 99 heavy (non-hydrogen) atoms. The van der Waals surface area contributed by atoms with Crippen molar-refractivity contribution >= 4 is 82.0 Å². The van der Waals surface area contributed by atoms with Crippen LogP contribution in [0.1, 0.15) is 134 Å². The molecule has 2 fully saturated rings. The second kappa shape index (κ2) is 28.5. The van der Waals surface area contributed by atoms with Crippen molar-refractivity contribution in [1.82, 2.24) is 46.3 Å². The Morgan fingerprint density at radius 2 is 1.64 bits per heavy atom. The fourth-order valence-corrected chi connectivity index (χ4v) is 17.4. The number of phenols is 1. The molecule has 5 aromatic rings. The van der Waals surface area contributed by atoms with E-state index in [0.717, 1.165) is 38.1 Å². The third-order valence-corrected chi connectivity index (χ3v) is 21.5. The number of aryl methyl sites for hydroxylation is 1. The molecule has 1 spiro atoms. The zero-order chi connectivity index (χ0) is 70.4. The van der Waals surface area contributed by atoms with Crippen LogP contribution in [-0.4, -0.2) is 168 Å². The van der Waals surface area contributed by atoms with Gasteiger partial charge in [-0.1, -0.05) is 56.7 Å². The first kappa shape index (κ1) is 69.5. The van der Waals surface area contributed by atoms with Gasteiger partial charge in [0, 0.05) is 114 Å². The second-order valence-corrected chi connectivity index (χ2v) is 28.4. The van der Waals surface area contributed by atoms with Crippen LogP contribution >= 0.6 is 11.8 Å². The van der Waals surface area contributed by atoms with Crippen molar-refractivity contribution in [2.75, 3.05) is 64.8 Å². The molecular formula is C71H85N11O16S. The van der Waals surface area contributed by atoms with E-state index in [1.54, 1.807) is 45.2 Å². The molecular weight excluding hydrogens is 1290 g/mol. The minimum absolute atomic E-state index is 0.0171. The molecule has 10 atom stereocenters. The number of aromatic hydroxyl groups is 1. The molecule has 0 aliphatic carbocycles. The number of urea groups is 1. The largest absolute Gasteiger partial charge is 0.504 e. The van der Waals surface area contributed by atoms with Crippen LogP contribution < -0.4 is 56.6 Å². The Kier molecular flexibility index (Phi) is 20.0. The quantitative estimate of drug-likeness (QED) is 0.0165. The zero-order valence-corrected chi connectivity index (χ0v) is 57.5. The van der Waals surface area contributed by atoms with Crippen LogP contribution in [0, 0.1) is 19.8 Å². The predicted molar refractivity (Wildman–Crippen MR) is 364 cm³/mol. The number of imide groups is 1. The number of piperazine rings is 1. The summed E-state index contributed by atoms with van der Waals surface area (Å²) in [6, 6.07) is 11.5. The van der Waals surface area contributed by atoms with Gasteiger partial charge in [-0.25, -0.2) is 14.4 Å². The Morgan fingerprint density at radius 1 is 0.889 bits per heavy atom. The summed E-state index contributed by atoms with van der Waals surface area (Å²) in [5.41, 5.74) is 10.8. The van der Waals surface area contributed by atoms with Gasteiger partial charge in [0.1, 0.15) is 31.0 Å². The number of hydrogen-bond acceptors (Lipinski definition) is 20. The van der Waals surface area contributed by atoms with Crippen LogP contribution in [0.15, 0.2) is 66.7 Å². The molecule has 28 heteroatoms. The van der Waals surface area contributed by atoms with Crippen LogP contribution in [0.5, 0.6) is 28.7 Å². The number of carbonyl (C=O) groups is 9. The number of thioether (sulfide) groups is 1. The summed E-state index contributed by atoms with van der Waals surface area (Å²) < 4.78 is 37.4. The van der Waals surface area contributed by atoms with Gasteiger partial charge in [-0.2, -0.15) is 0 Å². The molecule has 27 nitrogen and oxygen atoms in total. The number of unbranched alkanes of at least 4 members (excludes halogenated alkanes) is 2. The number of fused-ring (bicyclic) bond motifs is 8. The number of nitrogens with one attached hydrogen (secondary N) is 7. The lowest BCUT2D eigenvalue weighted by molar-refractivity contribution is -0.160. The lowest BCUT2D eigenvalue weighted by Crippen LogP contribution is -2.69. The number of methoxy groups -OCH3 is 1. The number of ether oxygens (including phenoxy) is 6. The highest BCUT2D eigenvalue weighted by atomic mass is 32.2. The van der Waals surface area contributed by atoms with Crippen molar-refractivity contribution in [3.05, 3.63) is 117 Å². The zero-order valence-electron chi connectivity index (χ0n) is 56.7. The lowest BCUT2D eigenvalue weighted by atomic mass is 9.76. The maximum Gasteiger partial charge on any atom is 0.407 e. The maximum absolute atomic E-state index is 15.8. The summed E-state index contributed by atoms with van der Waals surface area (Å²) in [5, 5.41) is 30.3. The fraction of sp³-hybridized carbons (Fsp3) is 0.479. The maximum atomic E-state index is 15.8. The van der Waals surface area contributed by atoms with E-state index in [2.05, 4.69) is 66.7 Å². The minimum atomic E-state index is -1.56. The smallest absolute Gasteiger partial charge is 0.407 e. The SMILES string of the molecule is COc1c(C)cc2c(c1O)[C@H]1[C@@H]3[C@@H]4SC[C@]5(N[C@@H](CNC(=O)OCc6ccc(NC(=O)[C@H](CCCNC(N)=O)NC(=O)[C@@H](NC(=O)CCCCCN7C(=O)C=CC7=O)C(C)C)cc6)Cc6c5[nH]c5ccccc65)C(=O)OC[C@@H](c5c6c(c(C)c(OC(C)=O)c54)OCO6)N3C(C)(C2)CN1C. The van der Waals surface area contributed by atoms with Crippen molar-refractivity contribution in [2.45, 2.75) is 152 Å². The van der Waals surface area contributed by atoms with E-state index in [0.29, 0.717) is 95.3 Å². The number of para-hydroxylation sites is 1. The molecule has 4 aromatic carbocycles. The van der Waals surface area contributed by atoms with Crippen LogP contribution in [0.4, 0.5) is 15.3 Å². The summed E-state index contributed by atoms with van der Waals surface area (Å²) in [6.45, 7) is 11.4. The summed E-state index contributed by atoms with van der Waals surface area (Å²) in [7, 11) is 3.62. The molecule has 14 rings (SSSR count). The first-order valence-electron chi connectivity index (χ1n) is 33.6. The van der Waals surface area contributed by atoms with E-state index in [4.69, 9.17) is 34.2 Å². The number of rotatable bonds is 22. The summed E-state index contributed by atoms with van der Waals surface area (Å²) in [5.74, 6) is -1.94. The molecule has 0 radical (unpaired) electrons. The van der Waals surface area contributed by atoms with Crippen molar-refractivity contribution in [3.63, 3.8) is 0 Å². The Hall–Kier alpha value is -9.38. The van der Waals surface area contributed by atoms with Crippen molar-refractivity contribution < 1.29 is 76.7 Å². The molecule has 1 aromatic heterocycles. The molecule has 4 bridgehead atoms. The Balaban J connectivity index is 0.748. The first-order valence-corrected chi connectivity index (χ1v) is 34.6. The number of esters is 2. The average Bonchev–Trinajstić information content (AvgIpc) is 1.66. The van der Waals surface area contributed by atoms with Crippen LogP contribution in [0.3, 0.4) is 0 Å². The van der Waals surface area contributed by atoms with E-state index >= 15 is 4.79 Å². The Morgan fingerprint density at radius 3 is 2.36 bits per heavy atom. The molecule has 8 amide bonds. The Labute approximate surface area is 576 Å². The molecule has 526 valence electrons. The molecule has 10 heterocycles. The number of phenolic OH excluding ortho intramolecular Hbond substituents is 1. The summed E-state index contributed by atoms with van der Waals surface area (Å²) >= 11 is 1.51. The van der Waals surface area contributed by atoms with Gasteiger partial charge in [0.25, 0.3) is 11.8 Å². The Bertz CT molecular complexity index is 4090. The molecule has 10 N–H and O–H groups in total. The van der Waals surface area contributed by atoms with E-state index in [1.807, 2.05) is 38.1 Å². The van der Waals surface area contributed by atoms with Crippen LogP contribution in [0.2, 0.25) is 0 Å². The van der Waals surface area contributed by atoms with Gasteiger partial charge in [-0.05, 0) is 113 Å². The number of primary amides is 1. The van der Waals surface area contributed by atoms with Gasteiger partial charge in [-0.15, -0.1) is 11.8 Å². The van der Waals surface area contributed by atoms with Crippen molar-refractivity contribution in [3.8, 4) is 28.7 Å². The van der Waals surface area contributed by atoms with Gasteiger partial charge in [0.05, 0.1) is 30.1 Å². The highest BCUT2D eigenvalue weighted by Crippen LogP contribution is 2.66. The summed E-state index contributed by atoms with van der Waals surface area (Å²) in [6.07, 6.45) is 4.59. The highest BCUT2D eigenvalue weighted by molar-refractivity contribution is 7.99. The van der Waals surface area contributed by atoms with Crippen LogP contribution in [-0.2, 0) is 68.0 Å². The average molecular weight is 1380 g/mol. The number of aromatic nitrogens is 1. The van der Waals surface area contributed by atoms with Gasteiger partial charge in [0.15, 0.2) is 28.5 Å². The number of nitrogens with two attached hydrogens (primary N) is 1. The molecule has 0 saturated carbocycles. The number of nitrogens with zero attached hydrogens (tertiary/aromatic N) is 3. The van der Waals surface area contributed by atoms with Crippen LogP contribution in [0.25, 0.3) is 10.9 Å². The number of aromatic amines is 1. The van der Waals surface area contributed by atoms with E-state index < -0.39 is 88.5 Å². The number of hydrogen-bond donors (Lipinski definition) is 9. The predicted octanol–water partition coefficient (Wildman–Crippen LogP) is 6.05. The minimum Gasteiger partial charge on any atom is -0.504 e. The van der Waals surface area contributed by atoms with E-state index in [-0.39, 0.29) is 94.0 Å². The lowest BCUT2D eigenvalue weighted by Gasteiger charge is -2.61. The van der Waals surface area contributed by atoms with E-state index in [1.165, 1.54) is 30.8 Å². The number of carbonyl (C=O) groups excluding carboxylic acids is 9. The third-order valence-electron chi connectivity index (χ3n) is 20.0. The van der Waals surface area contributed by atoms with Gasteiger partial charge in [0.2, 0.25) is 24.5 Å². The third kappa shape index (κ3) is 13.5. The van der Waals surface area contributed by atoms with Gasteiger partial charge in [-0.3, -0.25) is 48.8 Å². The number of anilines is 1. The molecule has 2 saturated heterocycles. The topological polar surface area (TPSA) is 353 Å². The van der Waals surface area contributed by atoms with Crippen molar-refractivity contribution in [2.24, 2.45) is 11.7 Å². The number of benzene rings is 4. The molecule has 9 aliphatic heterocycles.